The number of hydrogen-bond donors (Lipinski definition) is 1. The van der Waals surface area contributed by atoms with Gasteiger partial charge in [-0.25, -0.2) is 0 Å². The number of hydrazine groups is 1. The summed E-state index contributed by atoms with van der Waals surface area (Å²) in [5, 5.41) is 1.32. The van der Waals surface area contributed by atoms with Gasteiger partial charge in [-0.1, -0.05) is 0 Å². The molecule has 1 heterocycles. The Bertz CT molecular complexity index is 240. The molecule has 0 fully saturated rings. The molecule has 2 nitrogen and oxygen atoms in total. The topological polar surface area (TPSA) is 15.3 Å². The van der Waals surface area contributed by atoms with E-state index >= 15 is 0 Å². The number of nitrogens with zero attached hydrogens (tertiary/aromatic N) is 1. The van der Waals surface area contributed by atoms with Gasteiger partial charge in [0.1, 0.15) is 5.70 Å². The van der Waals surface area contributed by atoms with Gasteiger partial charge in [-0.3, -0.25) is 10.4 Å². The van der Waals surface area contributed by atoms with Gasteiger partial charge in [0.25, 0.3) is 0 Å². The Morgan fingerprint density at radius 2 is 1.92 bits per heavy atom. The van der Waals surface area contributed by atoms with Crippen molar-refractivity contribution in [2.45, 2.75) is 13.1 Å². The summed E-state index contributed by atoms with van der Waals surface area (Å²) in [5.74, 6) is 0. The standard InChI is InChI=1S/C7H9F3N2/c1-5-3-4-6(7(8,9)10)11-12(5)2/h3-4,11H,1-2H3. The van der Waals surface area contributed by atoms with Crippen molar-refractivity contribution in [3.63, 3.8) is 0 Å². The molecule has 0 unspecified atom stereocenters. The van der Waals surface area contributed by atoms with E-state index in [1.54, 1.807) is 6.92 Å². The minimum absolute atomic E-state index is 0.739. The van der Waals surface area contributed by atoms with Crippen LogP contribution in [-0.4, -0.2) is 18.2 Å². The molecule has 5 heteroatoms. The van der Waals surface area contributed by atoms with Crippen molar-refractivity contribution in [3.05, 3.63) is 23.5 Å². The minimum Gasteiger partial charge on any atom is -0.295 e. The third-order valence-electron chi connectivity index (χ3n) is 1.61. The zero-order valence-corrected chi connectivity index (χ0v) is 6.74. The predicted molar refractivity (Wildman–Crippen MR) is 38.8 cm³/mol. The molecule has 1 rings (SSSR count). The first-order chi connectivity index (χ1) is 5.41. The minimum atomic E-state index is -4.30. The molecule has 0 bridgehead atoms. The zero-order valence-electron chi connectivity index (χ0n) is 6.74. The molecule has 0 amide bonds. The van der Waals surface area contributed by atoms with Gasteiger partial charge in [0.05, 0.1) is 0 Å². The normalized spacial score (nSPS) is 18.2. The van der Waals surface area contributed by atoms with Gasteiger partial charge in [-0.15, -0.1) is 0 Å². The van der Waals surface area contributed by atoms with Crippen LogP contribution in [0, 0.1) is 0 Å². The second-order valence-electron chi connectivity index (χ2n) is 2.56. The maximum absolute atomic E-state index is 12.1. The molecule has 1 aliphatic heterocycles. The summed E-state index contributed by atoms with van der Waals surface area (Å²) in [6.45, 7) is 1.72. The maximum Gasteiger partial charge on any atom is 0.432 e. The summed E-state index contributed by atoms with van der Waals surface area (Å²) < 4.78 is 36.2. The summed E-state index contributed by atoms with van der Waals surface area (Å²) in [6.07, 6.45) is -1.86. The highest BCUT2D eigenvalue weighted by atomic mass is 19.4. The van der Waals surface area contributed by atoms with Crippen LogP contribution in [0.2, 0.25) is 0 Å². The lowest BCUT2D eigenvalue weighted by atomic mass is 10.3. The largest absolute Gasteiger partial charge is 0.432 e. The molecular weight excluding hydrogens is 169 g/mol. The van der Waals surface area contributed by atoms with Crippen LogP contribution < -0.4 is 5.43 Å². The van der Waals surface area contributed by atoms with Crippen LogP contribution in [0.25, 0.3) is 0 Å². The van der Waals surface area contributed by atoms with Crippen LogP contribution >= 0.6 is 0 Å². The Morgan fingerprint density at radius 3 is 2.33 bits per heavy atom. The van der Waals surface area contributed by atoms with Crippen molar-refractivity contribution in [1.29, 1.82) is 0 Å². The SMILES string of the molecule is CC1=CC=C(C(F)(F)F)NN1C. The molecule has 0 aromatic rings. The van der Waals surface area contributed by atoms with Crippen LogP contribution in [0.5, 0.6) is 0 Å². The highest BCUT2D eigenvalue weighted by Crippen LogP contribution is 2.25. The smallest absolute Gasteiger partial charge is 0.295 e. The monoisotopic (exact) mass is 178 g/mol. The molecule has 0 aromatic carbocycles. The first-order valence-corrected chi connectivity index (χ1v) is 3.37. The number of allylic oxidation sites excluding steroid dienone is 4. The van der Waals surface area contributed by atoms with Crippen LogP contribution in [0.1, 0.15) is 6.92 Å². The number of alkyl halides is 3. The summed E-state index contributed by atoms with van der Waals surface area (Å²) >= 11 is 0. The molecule has 0 saturated heterocycles. The molecule has 0 aromatic heterocycles. The fourth-order valence-corrected chi connectivity index (χ4v) is 0.780. The summed E-state index contributed by atoms with van der Waals surface area (Å²) in [4.78, 5) is 0. The van der Waals surface area contributed by atoms with E-state index in [1.807, 2.05) is 0 Å². The van der Waals surface area contributed by atoms with Gasteiger partial charge in [0.2, 0.25) is 0 Å². The van der Waals surface area contributed by atoms with E-state index in [9.17, 15) is 13.2 Å². The lowest BCUT2D eigenvalue weighted by Gasteiger charge is -2.27. The summed E-state index contributed by atoms with van der Waals surface area (Å²) in [5.41, 5.74) is 2.21. The Labute approximate surface area is 68.3 Å². The molecular formula is C7H9F3N2. The zero-order chi connectivity index (χ0) is 9.35. The molecule has 1 aliphatic rings. The van der Waals surface area contributed by atoms with E-state index in [4.69, 9.17) is 0 Å². The fourth-order valence-electron chi connectivity index (χ4n) is 0.780. The summed E-state index contributed by atoms with van der Waals surface area (Å²) in [6, 6.07) is 0. The molecule has 0 radical (unpaired) electrons. The lowest BCUT2D eigenvalue weighted by molar-refractivity contribution is -0.102. The van der Waals surface area contributed by atoms with Gasteiger partial charge in [-0.2, -0.15) is 13.2 Å². The van der Waals surface area contributed by atoms with Crippen molar-refractivity contribution in [2.75, 3.05) is 7.05 Å². The quantitative estimate of drug-likeness (QED) is 0.608. The fraction of sp³-hybridized carbons (Fsp3) is 0.429. The van der Waals surface area contributed by atoms with Crippen molar-refractivity contribution in [1.82, 2.24) is 10.4 Å². The van der Waals surface area contributed by atoms with Gasteiger partial charge in [0.15, 0.2) is 0 Å². The highest BCUT2D eigenvalue weighted by molar-refractivity contribution is 5.22. The van der Waals surface area contributed by atoms with Gasteiger partial charge >= 0.3 is 6.18 Å². The number of hydrogen-bond acceptors (Lipinski definition) is 2. The lowest BCUT2D eigenvalue weighted by Crippen LogP contribution is -2.39. The number of halogens is 3. The third-order valence-corrected chi connectivity index (χ3v) is 1.61. The van der Waals surface area contributed by atoms with E-state index in [2.05, 4.69) is 5.43 Å². The van der Waals surface area contributed by atoms with E-state index in [-0.39, 0.29) is 0 Å². The van der Waals surface area contributed by atoms with Crippen molar-refractivity contribution >= 4 is 0 Å². The second-order valence-corrected chi connectivity index (χ2v) is 2.56. The van der Waals surface area contributed by atoms with Crippen LogP contribution in [0.15, 0.2) is 23.5 Å². The number of rotatable bonds is 0. The van der Waals surface area contributed by atoms with Gasteiger partial charge in [0, 0.05) is 12.7 Å². The van der Waals surface area contributed by atoms with E-state index < -0.39 is 11.9 Å². The Balaban J connectivity index is 2.84. The Hall–Kier alpha value is -1.13. The van der Waals surface area contributed by atoms with Crippen LogP contribution in [0.4, 0.5) is 13.2 Å². The first-order valence-electron chi connectivity index (χ1n) is 3.37. The van der Waals surface area contributed by atoms with Crippen molar-refractivity contribution in [3.8, 4) is 0 Å². The number of nitrogens with one attached hydrogen (secondary N) is 1. The third kappa shape index (κ3) is 1.72. The average molecular weight is 178 g/mol. The molecule has 0 spiro atoms. The molecule has 68 valence electrons. The first kappa shape index (κ1) is 8.96. The maximum atomic E-state index is 12.1. The van der Waals surface area contributed by atoms with Crippen LogP contribution in [0.3, 0.4) is 0 Å². The van der Waals surface area contributed by atoms with E-state index in [1.165, 1.54) is 18.1 Å². The Morgan fingerprint density at radius 1 is 1.33 bits per heavy atom. The summed E-state index contributed by atoms with van der Waals surface area (Å²) in [7, 11) is 1.53. The molecule has 0 atom stereocenters. The highest BCUT2D eigenvalue weighted by Gasteiger charge is 2.35. The molecule has 0 saturated carbocycles. The van der Waals surface area contributed by atoms with E-state index in [0.717, 1.165) is 11.8 Å². The predicted octanol–water partition coefficient (Wildman–Crippen LogP) is 1.79. The van der Waals surface area contributed by atoms with E-state index in [0.29, 0.717) is 0 Å². The van der Waals surface area contributed by atoms with Crippen molar-refractivity contribution < 1.29 is 13.2 Å². The molecule has 1 N–H and O–H groups in total. The second kappa shape index (κ2) is 2.73. The molecule has 12 heavy (non-hydrogen) atoms. The van der Waals surface area contributed by atoms with Crippen molar-refractivity contribution in [2.24, 2.45) is 0 Å². The van der Waals surface area contributed by atoms with Crippen LogP contribution in [-0.2, 0) is 0 Å². The Kier molecular flexibility index (Phi) is 2.04. The van der Waals surface area contributed by atoms with Gasteiger partial charge < -0.3 is 0 Å². The average Bonchev–Trinajstić information content (AvgIpc) is 1.92. The molecule has 0 aliphatic carbocycles. The van der Waals surface area contributed by atoms with Gasteiger partial charge in [-0.05, 0) is 19.1 Å².